The van der Waals surface area contributed by atoms with Crippen LogP contribution in [0.3, 0.4) is 0 Å². The van der Waals surface area contributed by atoms with Crippen LogP contribution in [-0.4, -0.2) is 31.3 Å². The zero-order chi connectivity index (χ0) is 13.0. The molecule has 0 N–H and O–H groups in total. The Balaban J connectivity index is 1.95. The van der Waals surface area contributed by atoms with Crippen LogP contribution in [0.25, 0.3) is 0 Å². The predicted octanol–water partition coefficient (Wildman–Crippen LogP) is 1.56. The van der Waals surface area contributed by atoms with E-state index in [1.54, 1.807) is 31.2 Å². The number of carbonyl (C=O) groups excluding carboxylic acids is 2. The second kappa shape index (κ2) is 5.64. The van der Waals surface area contributed by atoms with Gasteiger partial charge in [-0.05, 0) is 19.1 Å². The molecule has 1 atom stereocenters. The zero-order valence-electron chi connectivity index (χ0n) is 10.0. The maximum atomic E-state index is 11.8. The predicted molar refractivity (Wildman–Crippen MR) is 62.4 cm³/mol. The van der Waals surface area contributed by atoms with E-state index in [0.717, 1.165) is 0 Å². The van der Waals surface area contributed by atoms with Crippen molar-refractivity contribution < 1.29 is 23.8 Å². The largest absolute Gasteiger partial charge is 0.464 e. The van der Waals surface area contributed by atoms with Gasteiger partial charge < -0.3 is 14.2 Å². The first-order valence-electron chi connectivity index (χ1n) is 5.77. The van der Waals surface area contributed by atoms with E-state index in [4.69, 9.17) is 14.2 Å². The van der Waals surface area contributed by atoms with Gasteiger partial charge in [-0.15, -0.1) is 0 Å². The smallest absolute Gasteiger partial charge is 0.332 e. The number of ether oxygens (including phenoxy) is 3. The van der Waals surface area contributed by atoms with Gasteiger partial charge in [0.25, 0.3) is 0 Å². The summed E-state index contributed by atoms with van der Waals surface area (Å²) in [6.45, 7) is 1.80. The molecule has 0 spiro atoms. The van der Waals surface area contributed by atoms with Crippen LogP contribution in [0, 0.1) is 0 Å². The van der Waals surface area contributed by atoms with Gasteiger partial charge in [0, 0.05) is 0 Å². The van der Waals surface area contributed by atoms with Crippen molar-refractivity contribution in [1.82, 2.24) is 0 Å². The van der Waals surface area contributed by atoms with Crippen molar-refractivity contribution in [3.63, 3.8) is 0 Å². The first-order valence-corrected chi connectivity index (χ1v) is 5.77. The molecule has 0 aliphatic carbocycles. The molecular formula is C13H14O5. The average molecular weight is 250 g/mol. The quantitative estimate of drug-likeness (QED) is 0.759. The summed E-state index contributed by atoms with van der Waals surface area (Å²) < 4.78 is 15.4. The Labute approximate surface area is 105 Å². The number of rotatable bonds is 4. The van der Waals surface area contributed by atoms with Gasteiger partial charge in [-0.3, -0.25) is 4.79 Å². The number of para-hydroxylation sites is 1. The fourth-order valence-corrected chi connectivity index (χ4v) is 1.70. The van der Waals surface area contributed by atoms with Crippen LogP contribution in [-0.2, 0) is 14.3 Å². The number of benzene rings is 1. The van der Waals surface area contributed by atoms with Gasteiger partial charge in [-0.25, -0.2) is 4.79 Å². The van der Waals surface area contributed by atoms with E-state index in [0.29, 0.717) is 17.9 Å². The molecule has 0 amide bonds. The molecule has 5 nitrogen and oxygen atoms in total. The van der Waals surface area contributed by atoms with Crippen LogP contribution in [0.2, 0.25) is 0 Å². The Kier molecular flexibility index (Phi) is 3.94. The van der Waals surface area contributed by atoms with Gasteiger partial charge in [-0.2, -0.15) is 0 Å². The van der Waals surface area contributed by atoms with E-state index in [1.165, 1.54) is 0 Å². The highest BCUT2D eigenvalue weighted by molar-refractivity contribution is 5.99. The lowest BCUT2D eigenvalue weighted by atomic mass is 10.0. The van der Waals surface area contributed by atoms with E-state index in [9.17, 15) is 9.59 Å². The molecule has 5 heteroatoms. The number of hydrogen-bond acceptors (Lipinski definition) is 5. The van der Waals surface area contributed by atoms with Crippen molar-refractivity contribution in [3.05, 3.63) is 29.8 Å². The third-order valence-electron chi connectivity index (χ3n) is 2.49. The van der Waals surface area contributed by atoms with Gasteiger partial charge >= 0.3 is 5.97 Å². The molecule has 18 heavy (non-hydrogen) atoms. The standard InChI is InChI=1S/C13H14O5/c1-2-16-12(15)8-17-13-7-10(14)9-5-3-4-6-11(9)18-13/h3-6,13H,2,7-8H2,1H3. The van der Waals surface area contributed by atoms with E-state index < -0.39 is 12.3 Å². The SMILES string of the molecule is CCOC(=O)COC1CC(=O)c2ccccc2O1. The Bertz CT molecular complexity index is 454. The van der Waals surface area contributed by atoms with Crippen LogP contribution in [0.15, 0.2) is 24.3 Å². The maximum Gasteiger partial charge on any atom is 0.332 e. The summed E-state index contributed by atoms with van der Waals surface area (Å²) >= 11 is 0. The first-order chi connectivity index (χ1) is 8.70. The Hall–Kier alpha value is -1.88. The molecule has 0 saturated heterocycles. The minimum Gasteiger partial charge on any atom is -0.464 e. The molecular weight excluding hydrogens is 236 g/mol. The Morgan fingerprint density at radius 3 is 3.00 bits per heavy atom. The van der Waals surface area contributed by atoms with Crippen molar-refractivity contribution in [2.45, 2.75) is 19.6 Å². The van der Waals surface area contributed by atoms with Crippen molar-refractivity contribution in [1.29, 1.82) is 0 Å². The molecule has 2 rings (SSSR count). The van der Waals surface area contributed by atoms with Gasteiger partial charge in [0.1, 0.15) is 12.4 Å². The summed E-state index contributed by atoms with van der Waals surface area (Å²) in [7, 11) is 0. The maximum absolute atomic E-state index is 11.8. The number of fused-ring (bicyclic) bond motifs is 1. The van der Waals surface area contributed by atoms with Gasteiger partial charge in [0.15, 0.2) is 5.78 Å². The van der Waals surface area contributed by atoms with E-state index in [1.807, 2.05) is 0 Å². The van der Waals surface area contributed by atoms with Gasteiger partial charge in [0.05, 0.1) is 18.6 Å². The van der Waals surface area contributed by atoms with Crippen molar-refractivity contribution in [2.75, 3.05) is 13.2 Å². The molecule has 0 aromatic heterocycles. The summed E-state index contributed by atoms with van der Waals surface area (Å²) in [5.74, 6) is -0.0271. The average Bonchev–Trinajstić information content (AvgIpc) is 2.37. The molecule has 0 fully saturated rings. The lowest BCUT2D eigenvalue weighted by Crippen LogP contribution is -2.31. The number of ketones is 1. The summed E-state index contributed by atoms with van der Waals surface area (Å²) in [6, 6.07) is 6.96. The normalized spacial score (nSPS) is 17.8. The summed E-state index contributed by atoms with van der Waals surface area (Å²) in [6.07, 6.45) is -0.618. The minimum atomic E-state index is -0.725. The molecule has 1 unspecified atom stereocenters. The first kappa shape index (κ1) is 12.6. The molecule has 1 aliphatic heterocycles. The lowest BCUT2D eigenvalue weighted by molar-refractivity contribution is -0.158. The Morgan fingerprint density at radius 2 is 2.22 bits per heavy atom. The fourth-order valence-electron chi connectivity index (χ4n) is 1.70. The second-order valence-electron chi connectivity index (χ2n) is 3.79. The van der Waals surface area contributed by atoms with Crippen molar-refractivity contribution >= 4 is 11.8 Å². The van der Waals surface area contributed by atoms with Gasteiger partial charge in [0.2, 0.25) is 6.29 Å². The lowest BCUT2D eigenvalue weighted by Gasteiger charge is -2.24. The molecule has 0 bridgehead atoms. The minimum absolute atomic E-state index is 0.0503. The molecule has 0 radical (unpaired) electrons. The molecule has 0 saturated carbocycles. The van der Waals surface area contributed by atoms with Crippen LogP contribution >= 0.6 is 0 Å². The number of carbonyl (C=O) groups is 2. The Morgan fingerprint density at radius 1 is 1.44 bits per heavy atom. The number of esters is 1. The highest BCUT2D eigenvalue weighted by atomic mass is 16.7. The fraction of sp³-hybridized carbons (Fsp3) is 0.385. The highest BCUT2D eigenvalue weighted by Crippen LogP contribution is 2.27. The third kappa shape index (κ3) is 2.87. The van der Waals surface area contributed by atoms with Crippen LogP contribution in [0.4, 0.5) is 0 Å². The summed E-state index contributed by atoms with van der Waals surface area (Å²) in [5.41, 5.74) is 0.550. The van der Waals surface area contributed by atoms with E-state index in [2.05, 4.69) is 0 Å². The third-order valence-corrected chi connectivity index (χ3v) is 2.49. The highest BCUT2D eigenvalue weighted by Gasteiger charge is 2.27. The van der Waals surface area contributed by atoms with E-state index >= 15 is 0 Å². The second-order valence-corrected chi connectivity index (χ2v) is 3.79. The summed E-state index contributed by atoms with van der Waals surface area (Å²) in [4.78, 5) is 22.9. The monoisotopic (exact) mass is 250 g/mol. The number of Topliss-reactive ketones (excluding diaryl/α,β-unsaturated/α-hetero) is 1. The number of hydrogen-bond donors (Lipinski definition) is 0. The van der Waals surface area contributed by atoms with Crippen LogP contribution in [0.5, 0.6) is 5.75 Å². The van der Waals surface area contributed by atoms with E-state index in [-0.39, 0.29) is 18.8 Å². The molecule has 1 aliphatic rings. The molecule has 1 aromatic rings. The summed E-state index contributed by atoms with van der Waals surface area (Å²) in [5, 5.41) is 0. The molecule has 1 aromatic carbocycles. The van der Waals surface area contributed by atoms with Crippen LogP contribution in [0.1, 0.15) is 23.7 Å². The molecule has 1 heterocycles. The molecule has 96 valence electrons. The van der Waals surface area contributed by atoms with Crippen LogP contribution < -0.4 is 4.74 Å². The van der Waals surface area contributed by atoms with Crippen molar-refractivity contribution in [3.8, 4) is 5.75 Å². The zero-order valence-corrected chi connectivity index (χ0v) is 10.0. The van der Waals surface area contributed by atoms with Gasteiger partial charge in [-0.1, -0.05) is 12.1 Å². The topological polar surface area (TPSA) is 61.8 Å². The van der Waals surface area contributed by atoms with Crippen molar-refractivity contribution in [2.24, 2.45) is 0 Å².